The van der Waals surface area contributed by atoms with Crippen molar-refractivity contribution in [1.82, 2.24) is 5.32 Å². The fourth-order valence-corrected chi connectivity index (χ4v) is 1.48. The van der Waals surface area contributed by atoms with Crippen LogP contribution in [0, 0.1) is 11.3 Å². The Morgan fingerprint density at radius 1 is 1.64 bits per heavy atom. The summed E-state index contributed by atoms with van der Waals surface area (Å²) in [7, 11) is 1.63. The maximum Gasteiger partial charge on any atom is 0.228 e. The van der Waals surface area contributed by atoms with Gasteiger partial charge in [0.15, 0.2) is 0 Å². The van der Waals surface area contributed by atoms with E-state index in [2.05, 4.69) is 5.32 Å². The highest BCUT2D eigenvalue weighted by atomic mass is 16.1. The van der Waals surface area contributed by atoms with E-state index < -0.39 is 0 Å². The number of rotatable bonds is 1. The first-order valence-electron chi connectivity index (χ1n) is 4.04. The van der Waals surface area contributed by atoms with Crippen molar-refractivity contribution in [3.05, 3.63) is 0 Å². The molecule has 1 rings (SSSR count). The third kappa shape index (κ3) is 1.79. The average molecular weight is 154 g/mol. The van der Waals surface area contributed by atoms with Crippen molar-refractivity contribution in [3.8, 4) is 0 Å². The topological polar surface area (TPSA) is 53.0 Å². The first kappa shape index (κ1) is 8.24. The minimum atomic E-state index is -0.131. The summed E-state index contributed by atoms with van der Waals surface area (Å²) in [6, 6.07) is 0. The molecule has 11 heavy (non-hydrogen) atoms. The molecule has 1 aliphatic rings. The summed E-state index contributed by atoms with van der Waals surface area (Å²) in [5.74, 6) is -0.122. The molecular weight excluding hydrogens is 140 g/mol. The lowest BCUT2D eigenvalue weighted by Crippen LogP contribution is -2.34. The molecule has 0 saturated heterocycles. The molecule has 2 N–H and O–H groups in total. The number of hydrogen-bond acceptors (Lipinski definition) is 2. The third-order valence-corrected chi connectivity index (χ3v) is 2.17. The number of carbonyl (C=O) groups excluding carboxylic acids is 1. The molecule has 0 aromatic rings. The molecule has 0 aromatic carbocycles. The van der Waals surface area contributed by atoms with Gasteiger partial charge in [0.1, 0.15) is 0 Å². The average Bonchev–Trinajstić information content (AvgIpc) is 2.04. The molecule has 1 unspecified atom stereocenters. The summed E-state index contributed by atoms with van der Waals surface area (Å²) in [5.41, 5.74) is 0.607. The summed E-state index contributed by atoms with van der Waals surface area (Å²) < 4.78 is 0. The molecule has 0 bridgehead atoms. The highest BCUT2D eigenvalue weighted by Crippen LogP contribution is 2.20. The lowest BCUT2D eigenvalue weighted by Gasteiger charge is -2.20. The Morgan fingerprint density at radius 3 is 2.91 bits per heavy atom. The van der Waals surface area contributed by atoms with E-state index in [4.69, 9.17) is 5.41 Å². The zero-order chi connectivity index (χ0) is 8.27. The summed E-state index contributed by atoms with van der Waals surface area (Å²) in [5, 5.41) is 10.1. The van der Waals surface area contributed by atoms with E-state index in [0.717, 1.165) is 25.7 Å². The van der Waals surface area contributed by atoms with Crippen LogP contribution in [0.3, 0.4) is 0 Å². The molecule has 1 saturated carbocycles. The molecule has 62 valence electrons. The standard InChI is InChI=1S/C8H14N2O/c1-10-8(11)6-4-2-3-5-7(6)9/h6,9H,2-5H2,1H3,(H,10,11). The van der Waals surface area contributed by atoms with Crippen molar-refractivity contribution >= 4 is 11.6 Å². The number of amides is 1. The molecule has 0 spiro atoms. The van der Waals surface area contributed by atoms with Gasteiger partial charge in [-0.25, -0.2) is 0 Å². The largest absolute Gasteiger partial charge is 0.359 e. The van der Waals surface area contributed by atoms with Crippen molar-refractivity contribution in [2.24, 2.45) is 5.92 Å². The first-order valence-corrected chi connectivity index (χ1v) is 4.04. The zero-order valence-electron chi connectivity index (χ0n) is 6.81. The fraction of sp³-hybridized carbons (Fsp3) is 0.750. The van der Waals surface area contributed by atoms with Gasteiger partial charge in [0.25, 0.3) is 0 Å². The minimum absolute atomic E-state index is 0.00898. The normalized spacial score (nSPS) is 24.8. The molecule has 0 heterocycles. The summed E-state index contributed by atoms with van der Waals surface area (Å²) in [6.45, 7) is 0. The van der Waals surface area contributed by atoms with Gasteiger partial charge in [-0.1, -0.05) is 6.42 Å². The highest BCUT2D eigenvalue weighted by molar-refractivity contribution is 6.02. The van der Waals surface area contributed by atoms with Crippen molar-refractivity contribution in [3.63, 3.8) is 0 Å². The lowest BCUT2D eigenvalue weighted by atomic mass is 9.87. The quantitative estimate of drug-likeness (QED) is 0.580. The van der Waals surface area contributed by atoms with Gasteiger partial charge in [-0.2, -0.15) is 0 Å². The van der Waals surface area contributed by atoms with Gasteiger partial charge < -0.3 is 10.7 Å². The molecule has 1 fully saturated rings. The van der Waals surface area contributed by atoms with E-state index in [-0.39, 0.29) is 11.8 Å². The first-order chi connectivity index (χ1) is 5.25. The van der Waals surface area contributed by atoms with Crippen LogP contribution in [0.1, 0.15) is 25.7 Å². The predicted octanol–water partition coefficient (Wildman–Crippen LogP) is 0.942. The molecule has 1 aliphatic carbocycles. The van der Waals surface area contributed by atoms with Crippen LogP contribution in [0.5, 0.6) is 0 Å². The maximum atomic E-state index is 11.1. The summed E-state index contributed by atoms with van der Waals surface area (Å²) >= 11 is 0. The summed E-state index contributed by atoms with van der Waals surface area (Å²) in [4.78, 5) is 11.1. The Bertz CT molecular complexity index is 169. The van der Waals surface area contributed by atoms with Gasteiger partial charge in [0.2, 0.25) is 5.91 Å². The molecule has 0 aliphatic heterocycles. The fourth-order valence-electron chi connectivity index (χ4n) is 1.48. The highest BCUT2D eigenvalue weighted by Gasteiger charge is 2.24. The van der Waals surface area contributed by atoms with Gasteiger partial charge in [-0.3, -0.25) is 4.79 Å². The van der Waals surface area contributed by atoms with Crippen molar-refractivity contribution in [1.29, 1.82) is 5.41 Å². The molecule has 1 amide bonds. The minimum Gasteiger partial charge on any atom is -0.359 e. The van der Waals surface area contributed by atoms with E-state index in [1.807, 2.05) is 0 Å². The Kier molecular flexibility index (Phi) is 2.63. The van der Waals surface area contributed by atoms with Crippen LogP contribution in [0.15, 0.2) is 0 Å². The van der Waals surface area contributed by atoms with Crippen LogP contribution in [0.4, 0.5) is 0 Å². The molecule has 0 aromatic heterocycles. The van der Waals surface area contributed by atoms with Crippen LogP contribution in [0.25, 0.3) is 0 Å². The second-order valence-electron chi connectivity index (χ2n) is 2.94. The Morgan fingerprint density at radius 2 is 2.36 bits per heavy atom. The number of hydrogen-bond donors (Lipinski definition) is 2. The van der Waals surface area contributed by atoms with E-state index in [1.165, 1.54) is 0 Å². The molecule has 3 heteroatoms. The monoisotopic (exact) mass is 154 g/mol. The van der Waals surface area contributed by atoms with E-state index >= 15 is 0 Å². The van der Waals surface area contributed by atoms with Crippen LogP contribution < -0.4 is 5.32 Å². The second kappa shape index (κ2) is 3.51. The van der Waals surface area contributed by atoms with Gasteiger partial charge >= 0.3 is 0 Å². The second-order valence-corrected chi connectivity index (χ2v) is 2.94. The summed E-state index contributed by atoms with van der Waals surface area (Å²) in [6.07, 6.45) is 3.82. The zero-order valence-corrected chi connectivity index (χ0v) is 6.81. The van der Waals surface area contributed by atoms with Crippen molar-refractivity contribution in [2.45, 2.75) is 25.7 Å². The van der Waals surface area contributed by atoms with E-state index in [0.29, 0.717) is 5.71 Å². The van der Waals surface area contributed by atoms with Crippen LogP contribution >= 0.6 is 0 Å². The van der Waals surface area contributed by atoms with Crippen LogP contribution in [-0.4, -0.2) is 18.7 Å². The van der Waals surface area contributed by atoms with E-state index in [1.54, 1.807) is 7.05 Å². The SMILES string of the molecule is CNC(=O)C1CCCCC1=N. The molecular formula is C8H14N2O. The number of carbonyl (C=O) groups is 1. The van der Waals surface area contributed by atoms with Crippen molar-refractivity contribution < 1.29 is 4.79 Å². The van der Waals surface area contributed by atoms with Crippen molar-refractivity contribution in [2.75, 3.05) is 7.05 Å². The molecule has 1 atom stereocenters. The lowest BCUT2D eigenvalue weighted by molar-refractivity contribution is -0.122. The molecule has 0 radical (unpaired) electrons. The smallest absolute Gasteiger partial charge is 0.228 e. The van der Waals surface area contributed by atoms with Gasteiger partial charge in [-0.05, 0) is 19.3 Å². The van der Waals surface area contributed by atoms with Crippen LogP contribution in [0.2, 0.25) is 0 Å². The van der Waals surface area contributed by atoms with Gasteiger partial charge in [0, 0.05) is 12.8 Å². The Balaban J connectivity index is 2.54. The third-order valence-electron chi connectivity index (χ3n) is 2.17. The number of nitrogens with one attached hydrogen (secondary N) is 2. The van der Waals surface area contributed by atoms with Crippen LogP contribution in [-0.2, 0) is 4.79 Å². The van der Waals surface area contributed by atoms with Gasteiger partial charge in [-0.15, -0.1) is 0 Å². The van der Waals surface area contributed by atoms with E-state index in [9.17, 15) is 4.79 Å². The van der Waals surface area contributed by atoms with Gasteiger partial charge in [0.05, 0.1) is 5.92 Å². The predicted molar refractivity (Wildman–Crippen MR) is 43.8 cm³/mol. The Hall–Kier alpha value is -0.860. The Labute approximate surface area is 66.7 Å². The molecule has 3 nitrogen and oxygen atoms in total. The maximum absolute atomic E-state index is 11.1.